The first-order valence-electron chi connectivity index (χ1n) is 7.16. The molecule has 0 unspecified atom stereocenters. The highest BCUT2D eigenvalue weighted by atomic mass is 32.1. The molecule has 0 aliphatic heterocycles. The molecule has 0 aliphatic carbocycles. The summed E-state index contributed by atoms with van der Waals surface area (Å²) in [4.78, 5) is 17.2. The van der Waals surface area contributed by atoms with Crippen LogP contribution in [0, 0.1) is 0 Å². The van der Waals surface area contributed by atoms with E-state index >= 15 is 0 Å². The molecule has 1 aromatic rings. The quantitative estimate of drug-likeness (QED) is 0.647. The number of nitrogens with zero attached hydrogens (tertiary/aromatic N) is 1. The fourth-order valence-electron chi connectivity index (χ4n) is 1.81. The minimum absolute atomic E-state index is 0.153. The minimum Gasteiger partial charge on any atom is -0.356 e. The molecule has 0 saturated heterocycles. The second kappa shape index (κ2) is 9.92. The number of aromatic nitrogens is 1. The molecule has 0 aromatic carbocycles. The summed E-state index contributed by atoms with van der Waals surface area (Å²) in [7, 11) is 0. The molecule has 0 spiro atoms. The van der Waals surface area contributed by atoms with Gasteiger partial charge in [0.15, 0.2) is 0 Å². The van der Waals surface area contributed by atoms with Crippen molar-refractivity contribution in [2.45, 2.75) is 51.9 Å². The number of nitrogens with one attached hydrogen (secondary N) is 1. The Morgan fingerprint density at radius 1 is 1.37 bits per heavy atom. The molecule has 1 aromatic heterocycles. The van der Waals surface area contributed by atoms with E-state index < -0.39 is 0 Å². The normalized spacial score (nSPS) is 10.6. The van der Waals surface area contributed by atoms with Crippen LogP contribution in [0.4, 0.5) is 0 Å². The maximum Gasteiger partial charge on any atom is 0.220 e. The zero-order valence-electron chi connectivity index (χ0n) is 11.8. The van der Waals surface area contributed by atoms with Gasteiger partial charge in [-0.2, -0.15) is 0 Å². The van der Waals surface area contributed by atoms with E-state index in [9.17, 15) is 4.79 Å². The van der Waals surface area contributed by atoms with Crippen LogP contribution in [0.3, 0.4) is 0 Å². The van der Waals surface area contributed by atoms with Gasteiger partial charge >= 0.3 is 0 Å². The Bertz CT molecular complexity index is 365. The van der Waals surface area contributed by atoms with Crippen LogP contribution in [-0.4, -0.2) is 24.0 Å². The Kier molecular flexibility index (Phi) is 8.41. The highest BCUT2D eigenvalue weighted by Crippen LogP contribution is 2.13. The van der Waals surface area contributed by atoms with Crippen molar-refractivity contribution < 1.29 is 4.79 Å². The number of amides is 1. The summed E-state index contributed by atoms with van der Waals surface area (Å²) in [5.74, 6) is 0.153. The third-order valence-corrected chi connectivity index (χ3v) is 4.17. The number of carbonyl (C=O) groups excluding carboxylic acids is 1. The van der Waals surface area contributed by atoms with Crippen molar-refractivity contribution in [1.82, 2.24) is 10.3 Å². The van der Waals surface area contributed by atoms with E-state index in [1.165, 1.54) is 4.88 Å². The molecule has 19 heavy (non-hydrogen) atoms. The Hall–Kier alpha value is -0.940. The molecule has 0 bridgehead atoms. The van der Waals surface area contributed by atoms with Crippen LogP contribution in [-0.2, 0) is 17.6 Å². The third-order valence-electron chi connectivity index (χ3n) is 2.97. The molecule has 0 radical (unpaired) electrons. The number of nitrogens with two attached hydrogens (primary N) is 1. The van der Waals surface area contributed by atoms with Gasteiger partial charge in [-0.3, -0.25) is 4.79 Å². The monoisotopic (exact) mass is 283 g/mol. The highest BCUT2D eigenvalue weighted by Gasteiger charge is 2.03. The summed E-state index contributed by atoms with van der Waals surface area (Å²) in [6, 6.07) is 0. The smallest absolute Gasteiger partial charge is 0.220 e. The van der Waals surface area contributed by atoms with Crippen LogP contribution in [0.25, 0.3) is 0 Å². The van der Waals surface area contributed by atoms with E-state index in [1.807, 2.05) is 6.20 Å². The molecule has 0 saturated carbocycles. The Balaban J connectivity index is 2.03. The number of hydrogen-bond acceptors (Lipinski definition) is 4. The van der Waals surface area contributed by atoms with E-state index in [2.05, 4.69) is 17.2 Å². The maximum atomic E-state index is 11.6. The van der Waals surface area contributed by atoms with Crippen molar-refractivity contribution in [2.24, 2.45) is 5.73 Å². The summed E-state index contributed by atoms with van der Waals surface area (Å²) in [6.07, 6.45) is 8.67. The van der Waals surface area contributed by atoms with Crippen LogP contribution in [0.2, 0.25) is 0 Å². The summed E-state index contributed by atoms with van der Waals surface area (Å²) in [5, 5.41) is 4.06. The largest absolute Gasteiger partial charge is 0.356 e. The number of carbonyl (C=O) groups is 1. The number of thiazole rings is 1. The Morgan fingerprint density at radius 2 is 2.16 bits per heavy atom. The second-order valence-corrected chi connectivity index (χ2v) is 5.83. The maximum absolute atomic E-state index is 11.6. The van der Waals surface area contributed by atoms with Crippen LogP contribution in [0.1, 0.15) is 48.9 Å². The van der Waals surface area contributed by atoms with Gasteiger partial charge in [-0.15, -0.1) is 11.3 Å². The average molecular weight is 283 g/mol. The van der Waals surface area contributed by atoms with Crippen LogP contribution in [0.15, 0.2) is 6.20 Å². The zero-order chi connectivity index (χ0) is 13.9. The van der Waals surface area contributed by atoms with Gasteiger partial charge in [-0.1, -0.05) is 19.8 Å². The van der Waals surface area contributed by atoms with Gasteiger partial charge in [-0.25, -0.2) is 4.98 Å². The summed E-state index contributed by atoms with van der Waals surface area (Å²) in [6.45, 7) is 3.57. The van der Waals surface area contributed by atoms with Gasteiger partial charge < -0.3 is 11.1 Å². The lowest BCUT2D eigenvalue weighted by molar-refractivity contribution is -0.121. The first kappa shape index (κ1) is 16.1. The van der Waals surface area contributed by atoms with Crippen molar-refractivity contribution in [3.63, 3.8) is 0 Å². The molecule has 108 valence electrons. The predicted octanol–water partition coefficient (Wildman–Crippen LogP) is 2.27. The van der Waals surface area contributed by atoms with E-state index in [0.717, 1.165) is 50.1 Å². The molecule has 0 aliphatic rings. The summed E-state index contributed by atoms with van der Waals surface area (Å²) >= 11 is 1.74. The van der Waals surface area contributed by atoms with Gasteiger partial charge in [0.25, 0.3) is 0 Å². The fraction of sp³-hybridized carbons (Fsp3) is 0.714. The van der Waals surface area contributed by atoms with Gasteiger partial charge in [0.2, 0.25) is 5.91 Å². The van der Waals surface area contributed by atoms with Gasteiger partial charge in [0.05, 0.1) is 5.01 Å². The lowest BCUT2D eigenvalue weighted by Crippen LogP contribution is -2.25. The van der Waals surface area contributed by atoms with Crippen LogP contribution >= 0.6 is 11.3 Å². The first-order chi connectivity index (χ1) is 9.26. The molecule has 1 heterocycles. The SMILES string of the molecule is CCc1cnc(CCNC(=O)CCCCCCN)s1. The standard InChI is InChI=1S/C14H25N3OS/c1-2-12-11-17-14(19-12)8-10-16-13(18)7-5-3-4-6-9-15/h11H,2-10,15H2,1H3,(H,16,18). The molecule has 5 heteroatoms. The molecule has 0 fully saturated rings. The van der Waals surface area contributed by atoms with E-state index in [1.54, 1.807) is 11.3 Å². The van der Waals surface area contributed by atoms with Crippen LogP contribution in [0.5, 0.6) is 0 Å². The van der Waals surface area contributed by atoms with Crippen molar-refractivity contribution in [2.75, 3.05) is 13.1 Å². The molecular weight excluding hydrogens is 258 g/mol. The first-order valence-corrected chi connectivity index (χ1v) is 7.98. The fourth-order valence-corrected chi connectivity index (χ4v) is 2.67. The van der Waals surface area contributed by atoms with Crippen molar-refractivity contribution >= 4 is 17.2 Å². The third kappa shape index (κ3) is 7.28. The Morgan fingerprint density at radius 3 is 2.84 bits per heavy atom. The second-order valence-electron chi connectivity index (χ2n) is 4.63. The number of aryl methyl sites for hydroxylation is 1. The van der Waals surface area contributed by atoms with E-state index in [0.29, 0.717) is 13.0 Å². The van der Waals surface area contributed by atoms with E-state index in [-0.39, 0.29) is 5.91 Å². The van der Waals surface area contributed by atoms with Crippen molar-refractivity contribution in [3.8, 4) is 0 Å². The number of rotatable bonds is 10. The predicted molar refractivity (Wildman–Crippen MR) is 80.3 cm³/mol. The van der Waals surface area contributed by atoms with Gasteiger partial charge in [0, 0.05) is 30.5 Å². The number of hydrogen-bond donors (Lipinski definition) is 2. The van der Waals surface area contributed by atoms with Gasteiger partial charge in [-0.05, 0) is 25.8 Å². The molecular formula is C14H25N3OS. The topological polar surface area (TPSA) is 68.0 Å². The van der Waals surface area contributed by atoms with Gasteiger partial charge in [0.1, 0.15) is 0 Å². The Labute approximate surface area is 119 Å². The molecule has 1 amide bonds. The van der Waals surface area contributed by atoms with Crippen molar-refractivity contribution in [1.29, 1.82) is 0 Å². The minimum atomic E-state index is 0.153. The summed E-state index contributed by atoms with van der Waals surface area (Å²) < 4.78 is 0. The molecule has 4 nitrogen and oxygen atoms in total. The average Bonchev–Trinajstić information content (AvgIpc) is 2.86. The number of unbranched alkanes of at least 4 members (excludes halogenated alkanes) is 3. The lowest BCUT2D eigenvalue weighted by Gasteiger charge is -2.03. The summed E-state index contributed by atoms with van der Waals surface area (Å²) in [5.41, 5.74) is 5.42. The lowest BCUT2D eigenvalue weighted by atomic mass is 10.1. The van der Waals surface area contributed by atoms with E-state index in [4.69, 9.17) is 5.73 Å². The molecule has 0 atom stereocenters. The molecule has 1 rings (SSSR count). The zero-order valence-corrected chi connectivity index (χ0v) is 12.6. The highest BCUT2D eigenvalue weighted by molar-refractivity contribution is 7.11. The van der Waals surface area contributed by atoms with Crippen molar-refractivity contribution in [3.05, 3.63) is 16.1 Å². The molecule has 3 N–H and O–H groups in total. The van der Waals surface area contributed by atoms with Crippen LogP contribution < -0.4 is 11.1 Å².